The Kier molecular flexibility index (Phi) is 4.18. The summed E-state index contributed by atoms with van der Waals surface area (Å²) in [4.78, 5) is 14.1. The Bertz CT molecular complexity index is 777. The Morgan fingerprint density at radius 1 is 1.00 bits per heavy atom. The van der Waals surface area contributed by atoms with Crippen LogP contribution in [0.15, 0.2) is 60.2 Å². The molecule has 3 rings (SSSR count). The fourth-order valence-electron chi connectivity index (χ4n) is 2.85. The van der Waals surface area contributed by atoms with Crippen LogP contribution in [0.2, 0.25) is 0 Å². The van der Waals surface area contributed by atoms with Crippen LogP contribution in [0.3, 0.4) is 0 Å². The van der Waals surface area contributed by atoms with Crippen molar-refractivity contribution in [1.29, 1.82) is 0 Å². The van der Waals surface area contributed by atoms with Gasteiger partial charge in [-0.05, 0) is 35.8 Å². The monoisotopic (exact) mass is 331 g/mol. The summed E-state index contributed by atoms with van der Waals surface area (Å²) in [5.74, 6) is -0.0752. The largest absolute Gasteiger partial charge is 0.416 e. The highest BCUT2D eigenvalue weighted by atomic mass is 19.4. The maximum Gasteiger partial charge on any atom is 0.416 e. The van der Waals surface area contributed by atoms with Crippen molar-refractivity contribution in [2.24, 2.45) is 0 Å². The predicted octanol–water partition coefficient (Wildman–Crippen LogP) is 4.52. The van der Waals surface area contributed by atoms with E-state index in [1.807, 2.05) is 30.3 Å². The zero-order valence-electron chi connectivity index (χ0n) is 13.1. The van der Waals surface area contributed by atoms with E-state index in [-0.39, 0.29) is 5.91 Å². The van der Waals surface area contributed by atoms with Gasteiger partial charge in [0.25, 0.3) is 0 Å². The third kappa shape index (κ3) is 3.20. The second kappa shape index (κ2) is 6.15. The molecule has 1 aliphatic rings. The molecule has 2 nitrogen and oxygen atoms in total. The van der Waals surface area contributed by atoms with Crippen LogP contribution in [0.4, 0.5) is 13.2 Å². The molecule has 0 radical (unpaired) electrons. The standard InChI is InChI=1S/C19H16F3NO/c1-13-17(15-7-9-16(10-8-15)19(20,21)22)12-23(18(13)24)11-14-5-3-2-4-6-14/h2-10H,11-12H2,1H3. The number of rotatable bonds is 3. The average molecular weight is 331 g/mol. The molecule has 1 heterocycles. The number of nitrogens with zero attached hydrogens (tertiary/aromatic N) is 1. The van der Waals surface area contributed by atoms with Crippen LogP contribution < -0.4 is 0 Å². The predicted molar refractivity (Wildman–Crippen MR) is 85.9 cm³/mol. The highest BCUT2D eigenvalue weighted by Gasteiger charge is 2.31. The summed E-state index contributed by atoms with van der Waals surface area (Å²) in [6.07, 6.45) is -4.35. The minimum atomic E-state index is -4.35. The Morgan fingerprint density at radius 2 is 1.62 bits per heavy atom. The van der Waals surface area contributed by atoms with Gasteiger partial charge in [-0.1, -0.05) is 42.5 Å². The summed E-state index contributed by atoms with van der Waals surface area (Å²) < 4.78 is 38.0. The first-order valence-electron chi connectivity index (χ1n) is 7.57. The summed E-state index contributed by atoms with van der Waals surface area (Å²) in [6.45, 7) is 2.62. The number of carbonyl (C=O) groups excluding carboxylic acids is 1. The van der Waals surface area contributed by atoms with Crippen LogP contribution in [0, 0.1) is 0 Å². The van der Waals surface area contributed by atoms with E-state index >= 15 is 0 Å². The van der Waals surface area contributed by atoms with E-state index in [2.05, 4.69) is 0 Å². The third-order valence-corrected chi connectivity index (χ3v) is 4.19. The van der Waals surface area contributed by atoms with Crippen molar-refractivity contribution in [3.8, 4) is 0 Å². The first-order chi connectivity index (χ1) is 11.4. The lowest BCUT2D eigenvalue weighted by atomic mass is 10.0. The molecular formula is C19H16F3NO. The molecule has 1 aliphatic heterocycles. The molecule has 1 amide bonds. The number of hydrogen-bond acceptors (Lipinski definition) is 1. The van der Waals surface area contributed by atoms with Gasteiger partial charge < -0.3 is 4.90 Å². The van der Waals surface area contributed by atoms with Gasteiger partial charge in [0.15, 0.2) is 0 Å². The molecule has 0 N–H and O–H groups in total. The fraction of sp³-hybridized carbons (Fsp3) is 0.211. The molecule has 0 saturated heterocycles. The molecule has 0 aromatic heterocycles. The van der Waals surface area contributed by atoms with Gasteiger partial charge in [-0.2, -0.15) is 13.2 Å². The topological polar surface area (TPSA) is 20.3 Å². The lowest BCUT2D eigenvalue weighted by molar-refractivity contribution is -0.137. The lowest BCUT2D eigenvalue weighted by Crippen LogP contribution is -2.26. The summed E-state index contributed by atoms with van der Waals surface area (Å²) in [5, 5.41) is 0. The number of halogens is 3. The summed E-state index contributed by atoms with van der Waals surface area (Å²) in [6, 6.07) is 14.6. The fourth-order valence-corrected chi connectivity index (χ4v) is 2.85. The molecule has 0 unspecified atom stereocenters. The van der Waals surface area contributed by atoms with Gasteiger partial charge in [0.1, 0.15) is 0 Å². The second-order valence-corrected chi connectivity index (χ2v) is 5.83. The smallest absolute Gasteiger partial charge is 0.330 e. The maximum atomic E-state index is 12.7. The highest BCUT2D eigenvalue weighted by molar-refractivity contribution is 6.05. The van der Waals surface area contributed by atoms with Crippen LogP contribution in [0.5, 0.6) is 0 Å². The zero-order valence-corrected chi connectivity index (χ0v) is 13.1. The van der Waals surface area contributed by atoms with Crippen LogP contribution in [0.1, 0.15) is 23.6 Å². The van der Waals surface area contributed by atoms with Gasteiger partial charge in [0.2, 0.25) is 5.91 Å². The third-order valence-electron chi connectivity index (χ3n) is 4.19. The molecule has 0 atom stereocenters. The van der Waals surface area contributed by atoms with Crippen molar-refractivity contribution < 1.29 is 18.0 Å². The molecule has 2 aromatic rings. The first kappa shape index (κ1) is 16.3. The molecule has 0 spiro atoms. The summed E-state index contributed by atoms with van der Waals surface area (Å²) in [7, 11) is 0. The molecule has 0 bridgehead atoms. The Hall–Kier alpha value is -2.56. The molecule has 124 valence electrons. The highest BCUT2D eigenvalue weighted by Crippen LogP contribution is 2.33. The van der Waals surface area contributed by atoms with Crippen molar-refractivity contribution in [2.45, 2.75) is 19.6 Å². The van der Waals surface area contributed by atoms with E-state index in [0.717, 1.165) is 23.3 Å². The number of carbonyl (C=O) groups is 1. The van der Waals surface area contributed by atoms with Crippen LogP contribution >= 0.6 is 0 Å². The Balaban J connectivity index is 1.80. The van der Waals surface area contributed by atoms with E-state index in [4.69, 9.17) is 0 Å². The van der Waals surface area contributed by atoms with E-state index in [1.54, 1.807) is 11.8 Å². The van der Waals surface area contributed by atoms with Gasteiger partial charge in [0.05, 0.1) is 5.56 Å². The molecular weight excluding hydrogens is 315 g/mol. The Labute approximate surface area is 138 Å². The maximum absolute atomic E-state index is 12.7. The van der Waals surface area contributed by atoms with E-state index in [0.29, 0.717) is 24.2 Å². The minimum absolute atomic E-state index is 0.0752. The van der Waals surface area contributed by atoms with E-state index < -0.39 is 11.7 Å². The Morgan fingerprint density at radius 3 is 2.21 bits per heavy atom. The van der Waals surface area contributed by atoms with Crippen molar-refractivity contribution in [2.75, 3.05) is 6.54 Å². The second-order valence-electron chi connectivity index (χ2n) is 5.83. The molecule has 5 heteroatoms. The van der Waals surface area contributed by atoms with Gasteiger partial charge in [-0.15, -0.1) is 0 Å². The van der Waals surface area contributed by atoms with Crippen molar-refractivity contribution in [1.82, 2.24) is 4.90 Å². The van der Waals surface area contributed by atoms with Gasteiger partial charge in [-0.3, -0.25) is 4.79 Å². The van der Waals surface area contributed by atoms with Crippen molar-refractivity contribution in [3.63, 3.8) is 0 Å². The molecule has 24 heavy (non-hydrogen) atoms. The quantitative estimate of drug-likeness (QED) is 0.810. The number of hydrogen-bond donors (Lipinski definition) is 0. The van der Waals surface area contributed by atoms with Crippen molar-refractivity contribution in [3.05, 3.63) is 76.9 Å². The van der Waals surface area contributed by atoms with Crippen LogP contribution in [0.25, 0.3) is 5.57 Å². The molecule has 0 aliphatic carbocycles. The average Bonchev–Trinajstić information content (AvgIpc) is 2.84. The van der Waals surface area contributed by atoms with Gasteiger partial charge >= 0.3 is 6.18 Å². The summed E-state index contributed by atoms with van der Waals surface area (Å²) in [5.41, 5.74) is 2.36. The molecule has 0 saturated carbocycles. The minimum Gasteiger partial charge on any atom is -0.330 e. The van der Waals surface area contributed by atoms with E-state index in [1.165, 1.54) is 12.1 Å². The SMILES string of the molecule is CC1=C(c2ccc(C(F)(F)F)cc2)CN(Cc2ccccc2)C1=O. The van der Waals surface area contributed by atoms with Crippen LogP contribution in [-0.2, 0) is 17.5 Å². The van der Waals surface area contributed by atoms with Gasteiger partial charge in [0, 0.05) is 18.7 Å². The van der Waals surface area contributed by atoms with Crippen LogP contribution in [-0.4, -0.2) is 17.4 Å². The summed E-state index contributed by atoms with van der Waals surface area (Å²) >= 11 is 0. The zero-order chi connectivity index (χ0) is 17.3. The number of benzene rings is 2. The van der Waals surface area contributed by atoms with E-state index in [9.17, 15) is 18.0 Å². The lowest BCUT2D eigenvalue weighted by Gasteiger charge is -2.17. The number of amides is 1. The van der Waals surface area contributed by atoms with Gasteiger partial charge in [-0.25, -0.2) is 0 Å². The van der Waals surface area contributed by atoms with Crippen molar-refractivity contribution >= 4 is 11.5 Å². The normalized spacial score (nSPS) is 15.3. The first-order valence-corrected chi connectivity index (χ1v) is 7.57. The number of alkyl halides is 3. The molecule has 0 fully saturated rings. The molecule has 2 aromatic carbocycles.